The van der Waals surface area contributed by atoms with Crippen molar-refractivity contribution in [3.63, 3.8) is 0 Å². The highest BCUT2D eigenvalue weighted by Gasteiger charge is 2.56. The summed E-state index contributed by atoms with van der Waals surface area (Å²) < 4.78 is 20.7. The van der Waals surface area contributed by atoms with Crippen LogP contribution in [0.1, 0.15) is 87.7 Å². The van der Waals surface area contributed by atoms with Crippen LogP contribution in [0, 0.1) is 12.3 Å². The normalized spacial score (nSPS) is 20.3. The van der Waals surface area contributed by atoms with Gasteiger partial charge in [-0.25, -0.2) is 9.97 Å². The van der Waals surface area contributed by atoms with Crippen LogP contribution >= 0.6 is 0 Å². The lowest BCUT2D eigenvalue weighted by molar-refractivity contribution is 0.125. The highest BCUT2D eigenvalue weighted by molar-refractivity contribution is 5.98. The SMILES string of the molecule is [2H]c1c2c(c([2H])c3c1nc1c4ccnc(C(C)(C)C)c4nc(C)n13)C(C)(C)C(C)(C)C2(C)C. The van der Waals surface area contributed by atoms with Gasteiger partial charge < -0.3 is 0 Å². The Labute approximate surface area is 187 Å². The average Bonchev–Trinajstić information content (AvgIpc) is 3.15. The van der Waals surface area contributed by atoms with Crippen LogP contribution in [0.15, 0.2) is 24.3 Å². The van der Waals surface area contributed by atoms with Crippen molar-refractivity contribution in [2.45, 2.75) is 85.5 Å². The van der Waals surface area contributed by atoms with E-state index in [1.165, 1.54) is 0 Å². The molecule has 0 saturated heterocycles. The number of rotatable bonds is 0. The van der Waals surface area contributed by atoms with Crippen LogP contribution in [0.2, 0.25) is 0 Å². The summed E-state index contributed by atoms with van der Waals surface area (Å²) in [6.45, 7) is 21.8. The Hall–Kier alpha value is -2.49. The largest absolute Gasteiger partial charge is 0.280 e. The molecule has 0 amide bonds. The minimum absolute atomic E-state index is 0.125. The van der Waals surface area contributed by atoms with Gasteiger partial charge in [0.1, 0.15) is 11.5 Å². The predicted octanol–water partition coefficient (Wildman–Crippen LogP) is 6.63. The van der Waals surface area contributed by atoms with Gasteiger partial charge in [0.05, 0.1) is 25.0 Å². The number of benzene rings is 1. The lowest BCUT2D eigenvalue weighted by Crippen LogP contribution is -2.42. The van der Waals surface area contributed by atoms with Crippen molar-refractivity contribution < 1.29 is 2.74 Å². The van der Waals surface area contributed by atoms with E-state index in [1.54, 1.807) is 0 Å². The second kappa shape index (κ2) is 5.65. The lowest BCUT2D eigenvalue weighted by Gasteiger charge is -2.44. The number of fused-ring (bicyclic) bond motifs is 6. The van der Waals surface area contributed by atoms with E-state index in [-0.39, 0.29) is 21.7 Å². The summed E-state index contributed by atoms with van der Waals surface area (Å²) in [5, 5.41) is 0.912. The first-order valence-electron chi connectivity index (χ1n) is 12.2. The number of nitrogens with zero attached hydrogens (tertiary/aromatic N) is 4. The van der Waals surface area contributed by atoms with E-state index in [2.05, 4.69) is 67.3 Å². The summed E-state index contributed by atoms with van der Waals surface area (Å²) in [4.78, 5) is 14.6. The van der Waals surface area contributed by atoms with Crippen LogP contribution in [0.4, 0.5) is 0 Å². The molecule has 1 aliphatic rings. The van der Waals surface area contributed by atoms with Gasteiger partial charge in [-0.3, -0.25) is 9.38 Å². The lowest BCUT2D eigenvalue weighted by atomic mass is 9.59. The van der Waals surface area contributed by atoms with Gasteiger partial charge >= 0.3 is 0 Å². The van der Waals surface area contributed by atoms with Crippen molar-refractivity contribution >= 4 is 27.6 Å². The van der Waals surface area contributed by atoms with Crippen molar-refractivity contribution in [3.05, 3.63) is 47.0 Å². The number of aromatic nitrogens is 4. The first-order valence-corrected chi connectivity index (χ1v) is 11.2. The summed E-state index contributed by atoms with van der Waals surface area (Å²) in [5.74, 6) is 0.765. The van der Waals surface area contributed by atoms with Crippen LogP contribution in [0.3, 0.4) is 0 Å². The van der Waals surface area contributed by atoms with Gasteiger partial charge in [-0.2, -0.15) is 0 Å². The van der Waals surface area contributed by atoms with Gasteiger partial charge in [-0.1, -0.05) is 62.3 Å². The Balaban J connectivity index is 2.03. The minimum Gasteiger partial charge on any atom is -0.280 e. The van der Waals surface area contributed by atoms with Crippen molar-refractivity contribution in [1.29, 1.82) is 0 Å². The molecule has 0 saturated carbocycles. The Morgan fingerprint density at radius 1 is 0.935 bits per heavy atom. The van der Waals surface area contributed by atoms with E-state index >= 15 is 0 Å². The zero-order valence-electron chi connectivity index (χ0n) is 22.4. The van der Waals surface area contributed by atoms with Gasteiger partial charge in [-0.15, -0.1) is 0 Å². The van der Waals surface area contributed by atoms with Crippen LogP contribution in [0.25, 0.3) is 27.6 Å². The molecule has 1 aromatic carbocycles. The van der Waals surface area contributed by atoms with Gasteiger partial charge in [-0.05, 0) is 52.4 Å². The Morgan fingerprint density at radius 2 is 1.55 bits per heavy atom. The third-order valence-corrected chi connectivity index (χ3v) is 8.46. The molecule has 4 aromatic rings. The van der Waals surface area contributed by atoms with Gasteiger partial charge in [0.25, 0.3) is 0 Å². The van der Waals surface area contributed by atoms with E-state index in [9.17, 15) is 2.74 Å². The third-order valence-electron chi connectivity index (χ3n) is 8.46. The second-order valence-electron chi connectivity index (χ2n) is 11.8. The quantitative estimate of drug-likeness (QED) is 0.323. The highest BCUT2D eigenvalue weighted by Crippen LogP contribution is 2.61. The molecule has 4 nitrogen and oxygen atoms in total. The average molecular weight is 417 g/mol. The number of hydrogen-bond donors (Lipinski definition) is 0. The third kappa shape index (κ3) is 2.34. The van der Waals surface area contributed by atoms with E-state index in [0.717, 1.165) is 39.2 Å². The molecule has 4 heteroatoms. The monoisotopic (exact) mass is 416 g/mol. The molecule has 31 heavy (non-hydrogen) atoms. The number of imidazole rings is 1. The zero-order valence-corrected chi connectivity index (χ0v) is 20.4. The molecule has 162 valence electrons. The molecular weight excluding hydrogens is 380 g/mol. The summed E-state index contributed by atoms with van der Waals surface area (Å²) in [6, 6.07) is 2.87. The molecular formula is C27H34N4. The Morgan fingerprint density at radius 3 is 2.16 bits per heavy atom. The van der Waals surface area contributed by atoms with E-state index < -0.39 is 0 Å². The number of pyridine rings is 1. The minimum atomic E-state index is -0.265. The zero-order chi connectivity index (χ0) is 24.5. The maximum Gasteiger partial charge on any atom is 0.148 e. The molecule has 0 atom stereocenters. The van der Waals surface area contributed by atoms with E-state index in [0.29, 0.717) is 23.1 Å². The van der Waals surface area contributed by atoms with Gasteiger partial charge in [0.15, 0.2) is 0 Å². The first-order chi connectivity index (χ1) is 15.0. The highest BCUT2D eigenvalue weighted by atomic mass is 15.1. The summed E-state index contributed by atoms with van der Waals surface area (Å²) >= 11 is 0. The Kier molecular flexibility index (Phi) is 3.30. The topological polar surface area (TPSA) is 43.1 Å². The fourth-order valence-electron chi connectivity index (χ4n) is 5.33. The van der Waals surface area contributed by atoms with Gasteiger partial charge in [0, 0.05) is 17.0 Å². The van der Waals surface area contributed by atoms with Gasteiger partial charge in [0.2, 0.25) is 0 Å². The molecule has 0 unspecified atom stereocenters. The van der Waals surface area contributed by atoms with Crippen LogP contribution in [-0.4, -0.2) is 19.4 Å². The van der Waals surface area contributed by atoms with Crippen molar-refractivity contribution in [2.24, 2.45) is 5.41 Å². The number of aryl methyl sites for hydroxylation is 1. The first kappa shape index (κ1) is 18.1. The smallest absolute Gasteiger partial charge is 0.148 e. The van der Waals surface area contributed by atoms with Crippen molar-refractivity contribution in [3.8, 4) is 0 Å². The van der Waals surface area contributed by atoms with Crippen LogP contribution < -0.4 is 0 Å². The number of hydrogen-bond acceptors (Lipinski definition) is 3. The summed E-state index contributed by atoms with van der Waals surface area (Å²) in [7, 11) is 0. The van der Waals surface area contributed by atoms with Crippen molar-refractivity contribution in [2.75, 3.05) is 0 Å². The van der Waals surface area contributed by atoms with E-state index in [1.807, 2.05) is 23.6 Å². The molecule has 1 aliphatic carbocycles. The van der Waals surface area contributed by atoms with Crippen molar-refractivity contribution in [1.82, 2.24) is 19.4 Å². The van der Waals surface area contributed by atoms with E-state index in [4.69, 9.17) is 9.97 Å². The molecule has 0 fully saturated rings. The van der Waals surface area contributed by atoms with Crippen LogP contribution in [-0.2, 0) is 16.2 Å². The molecule has 3 heterocycles. The molecule has 0 aliphatic heterocycles. The maximum atomic E-state index is 9.39. The fraction of sp³-hybridized carbons (Fsp3) is 0.519. The summed E-state index contributed by atoms with van der Waals surface area (Å²) in [5.41, 5.74) is 4.93. The molecule has 0 spiro atoms. The molecule has 5 rings (SSSR count). The second-order valence-corrected chi connectivity index (χ2v) is 11.8. The standard InChI is InChI=1S/C27H34N4/c1-15-29-21-16(11-12-28-22(21)24(2,3)4)23-30-19-13-17-18(14-20(19)31(15)23)26(7,8)27(9,10)25(17,5)6/h11-14H,1-10H3/i13D,14D. The fourth-order valence-corrected chi connectivity index (χ4v) is 5.33. The molecule has 0 radical (unpaired) electrons. The molecule has 3 aromatic heterocycles. The van der Waals surface area contributed by atoms with Crippen LogP contribution in [0.5, 0.6) is 0 Å². The molecule has 0 N–H and O–H groups in total. The molecule has 0 bridgehead atoms. The maximum absolute atomic E-state index is 9.39. The Bertz CT molecular complexity index is 1500. The summed E-state index contributed by atoms with van der Waals surface area (Å²) in [6.07, 6.45) is 1.82. The predicted molar refractivity (Wildman–Crippen MR) is 129 cm³/mol.